The largest absolute Gasteiger partial charge is 0.400 e. The van der Waals surface area contributed by atoms with Gasteiger partial charge in [-0.15, -0.1) is 0 Å². The maximum absolute atomic E-state index is 13.6. The van der Waals surface area contributed by atoms with Gasteiger partial charge in [0.25, 0.3) is 11.6 Å². The van der Waals surface area contributed by atoms with Crippen molar-refractivity contribution in [2.45, 2.75) is 25.4 Å². The summed E-state index contributed by atoms with van der Waals surface area (Å²) in [4.78, 5) is 44.8. The Hall–Kier alpha value is -5.23. The molecule has 0 saturated heterocycles. The molecule has 224 valence electrons. The van der Waals surface area contributed by atoms with Crippen molar-refractivity contribution in [3.05, 3.63) is 111 Å². The Kier molecular flexibility index (Phi) is 9.10. The highest BCUT2D eigenvalue weighted by molar-refractivity contribution is 6.05. The number of non-ortho nitro benzene ring substituents is 1. The van der Waals surface area contributed by atoms with Gasteiger partial charge in [0.1, 0.15) is 5.84 Å². The quantitative estimate of drug-likeness (QED) is 0.127. The predicted octanol–water partition coefficient (Wildman–Crippen LogP) is 4.16. The molecule has 6 N–H and O–H groups in total. The van der Waals surface area contributed by atoms with E-state index in [1.165, 1.54) is 24.3 Å². The second-order valence-corrected chi connectivity index (χ2v) is 11.0. The molecule has 12 nitrogen and oxygen atoms in total. The fourth-order valence-corrected chi connectivity index (χ4v) is 4.81. The molecule has 1 heterocycles. The average molecular weight is 585 g/mol. The van der Waals surface area contributed by atoms with E-state index < -0.39 is 16.4 Å². The molecule has 43 heavy (non-hydrogen) atoms. The zero-order valence-electron chi connectivity index (χ0n) is 24.6. The first-order valence-electron chi connectivity index (χ1n) is 13.6. The summed E-state index contributed by atoms with van der Waals surface area (Å²) in [6.45, 7) is 4.50. The van der Waals surface area contributed by atoms with E-state index in [1.807, 2.05) is 63.2 Å². The van der Waals surface area contributed by atoms with Gasteiger partial charge in [-0.2, -0.15) is 0 Å². The third kappa shape index (κ3) is 7.16. The minimum atomic E-state index is -0.820. The number of anilines is 1. The minimum absolute atomic E-state index is 0.104. The normalized spacial score (nSPS) is 15.4. The SMILES string of the molecule is CN(C)CC(NC(=O)N1CC(C(N)=Nc2cccc(NC(=O)c3ccc([N+](=O)[O-])cc3)c2)=C(N)C1(C)C)c1ccccc1. The maximum atomic E-state index is 13.6. The Labute approximate surface area is 250 Å². The van der Waals surface area contributed by atoms with E-state index in [2.05, 4.69) is 15.6 Å². The highest BCUT2D eigenvalue weighted by atomic mass is 16.6. The van der Waals surface area contributed by atoms with Gasteiger partial charge in [0, 0.05) is 41.2 Å². The van der Waals surface area contributed by atoms with Gasteiger partial charge in [-0.25, -0.2) is 9.79 Å². The number of nitrogens with zero attached hydrogens (tertiary/aromatic N) is 4. The summed E-state index contributed by atoms with van der Waals surface area (Å²) >= 11 is 0. The number of carbonyl (C=O) groups excluding carboxylic acids is 2. The molecule has 0 bridgehead atoms. The number of carbonyl (C=O) groups is 2. The summed E-state index contributed by atoms with van der Waals surface area (Å²) in [5.74, 6) is -0.272. The molecular formula is C31H36N8O4. The standard InChI is InChI=1S/C31H36N8O4/c1-31(2)27(32)25(18-38(31)30(41)36-26(19-37(3)4)20-9-6-5-7-10-20)28(33)34-22-11-8-12-23(17-22)35-29(40)21-13-15-24(16-14-21)39(42)43/h5-17,26H,18-19,32H2,1-4H3,(H2,33,34)(H,35,40)(H,36,41). The maximum Gasteiger partial charge on any atom is 0.318 e. The molecule has 3 aromatic carbocycles. The van der Waals surface area contributed by atoms with Crippen LogP contribution in [0.2, 0.25) is 0 Å². The van der Waals surface area contributed by atoms with Gasteiger partial charge >= 0.3 is 6.03 Å². The number of nitrogens with two attached hydrogens (primary N) is 2. The van der Waals surface area contributed by atoms with Crippen LogP contribution in [-0.4, -0.2) is 65.2 Å². The number of hydrogen-bond acceptors (Lipinski definition) is 7. The molecule has 1 atom stereocenters. The fourth-order valence-electron chi connectivity index (χ4n) is 4.81. The molecule has 0 aliphatic carbocycles. The monoisotopic (exact) mass is 584 g/mol. The third-order valence-electron chi connectivity index (χ3n) is 7.27. The number of hydrogen-bond donors (Lipinski definition) is 4. The fraction of sp³-hybridized carbons (Fsp3) is 0.258. The summed E-state index contributed by atoms with van der Waals surface area (Å²) in [6.07, 6.45) is 0. The van der Waals surface area contributed by atoms with Crippen molar-refractivity contribution >= 4 is 34.8 Å². The van der Waals surface area contributed by atoms with E-state index in [4.69, 9.17) is 11.5 Å². The second-order valence-electron chi connectivity index (χ2n) is 11.0. The van der Waals surface area contributed by atoms with E-state index in [0.29, 0.717) is 29.2 Å². The molecule has 0 saturated carbocycles. The van der Waals surface area contributed by atoms with Crippen molar-refractivity contribution in [3.63, 3.8) is 0 Å². The molecule has 1 aliphatic rings. The summed E-state index contributed by atoms with van der Waals surface area (Å²) < 4.78 is 0. The van der Waals surface area contributed by atoms with Gasteiger partial charge in [0.2, 0.25) is 0 Å². The van der Waals surface area contributed by atoms with Crippen LogP contribution >= 0.6 is 0 Å². The zero-order chi connectivity index (χ0) is 31.3. The van der Waals surface area contributed by atoms with Gasteiger partial charge in [-0.05, 0) is 63.8 Å². The van der Waals surface area contributed by atoms with Crippen LogP contribution in [0.1, 0.15) is 35.8 Å². The average Bonchev–Trinajstić information content (AvgIpc) is 3.21. The number of likely N-dealkylation sites (N-methyl/N-ethyl adjacent to an activating group) is 1. The highest BCUT2D eigenvalue weighted by Crippen LogP contribution is 2.32. The second kappa shape index (κ2) is 12.7. The number of nitro groups is 1. The molecule has 12 heteroatoms. The Bertz CT molecular complexity index is 1570. The summed E-state index contributed by atoms with van der Waals surface area (Å²) in [5, 5.41) is 16.8. The first kappa shape index (κ1) is 30.7. The molecule has 0 aromatic heterocycles. The lowest BCUT2D eigenvalue weighted by atomic mass is 10.00. The number of nitrogens with one attached hydrogen (secondary N) is 2. The summed E-state index contributed by atoms with van der Waals surface area (Å²) in [7, 11) is 3.90. The number of urea groups is 1. The van der Waals surface area contributed by atoms with E-state index >= 15 is 0 Å². The number of amidine groups is 1. The van der Waals surface area contributed by atoms with Crippen LogP contribution in [0.25, 0.3) is 0 Å². The lowest BCUT2D eigenvalue weighted by molar-refractivity contribution is -0.384. The van der Waals surface area contributed by atoms with E-state index in [0.717, 1.165) is 5.56 Å². The Morgan fingerprint density at radius 1 is 1.07 bits per heavy atom. The van der Waals surface area contributed by atoms with E-state index in [9.17, 15) is 19.7 Å². The zero-order valence-corrected chi connectivity index (χ0v) is 24.6. The minimum Gasteiger partial charge on any atom is -0.400 e. The van der Waals surface area contributed by atoms with Crippen molar-refractivity contribution in [2.24, 2.45) is 16.5 Å². The van der Waals surface area contributed by atoms with Crippen LogP contribution in [0.5, 0.6) is 0 Å². The smallest absolute Gasteiger partial charge is 0.318 e. The first-order valence-corrected chi connectivity index (χ1v) is 13.6. The molecule has 3 aromatic rings. The number of benzene rings is 3. The van der Waals surface area contributed by atoms with Crippen LogP contribution < -0.4 is 22.1 Å². The molecule has 4 rings (SSSR count). The van der Waals surface area contributed by atoms with Crippen molar-refractivity contribution in [1.82, 2.24) is 15.1 Å². The topological polar surface area (TPSA) is 172 Å². The summed E-state index contributed by atoms with van der Waals surface area (Å²) in [5.41, 5.74) is 15.2. The lowest BCUT2D eigenvalue weighted by Crippen LogP contribution is -2.52. The van der Waals surface area contributed by atoms with Crippen molar-refractivity contribution in [1.29, 1.82) is 0 Å². The van der Waals surface area contributed by atoms with Crippen LogP contribution in [0.15, 0.2) is 95.1 Å². The number of aliphatic imine (C=N–C) groups is 1. The third-order valence-corrected chi connectivity index (χ3v) is 7.27. The van der Waals surface area contributed by atoms with Gasteiger partial charge in [0.05, 0.1) is 28.7 Å². The van der Waals surface area contributed by atoms with Crippen LogP contribution in [0, 0.1) is 10.1 Å². The van der Waals surface area contributed by atoms with Crippen molar-refractivity contribution in [2.75, 3.05) is 32.5 Å². The Balaban J connectivity index is 1.49. The van der Waals surface area contributed by atoms with Gasteiger partial charge in [0.15, 0.2) is 0 Å². The number of amides is 3. The Morgan fingerprint density at radius 2 is 1.74 bits per heavy atom. The number of rotatable bonds is 9. The van der Waals surface area contributed by atoms with Crippen LogP contribution in [0.3, 0.4) is 0 Å². The van der Waals surface area contributed by atoms with E-state index in [1.54, 1.807) is 29.2 Å². The molecular weight excluding hydrogens is 548 g/mol. The first-order chi connectivity index (χ1) is 20.4. The van der Waals surface area contributed by atoms with E-state index in [-0.39, 0.29) is 35.7 Å². The number of nitro benzene ring substituents is 1. The van der Waals surface area contributed by atoms with Gasteiger partial charge < -0.3 is 31.9 Å². The molecule has 0 fully saturated rings. The van der Waals surface area contributed by atoms with Gasteiger partial charge in [-0.3, -0.25) is 14.9 Å². The van der Waals surface area contributed by atoms with Crippen molar-refractivity contribution < 1.29 is 14.5 Å². The molecule has 0 spiro atoms. The van der Waals surface area contributed by atoms with Crippen LogP contribution in [-0.2, 0) is 0 Å². The summed E-state index contributed by atoms with van der Waals surface area (Å²) in [6, 6.07) is 21.3. The lowest BCUT2D eigenvalue weighted by Gasteiger charge is -2.35. The predicted molar refractivity (Wildman–Crippen MR) is 167 cm³/mol. The molecule has 3 amide bonds. The van der Waals surface area contributed by atoms with Crippen molar-refractivity contribution in [3.8, 4) is 0 Å². The molecule has 1 aliphatic heterocycles. The van der Waals surface area contributed by atoms with Crippen LogP contribution in [0.4, 0.5) is 21.9 Å². The molecule has 1 unspecified atom stereocenters. The molecule has 0 radical (unpaired) electrons. The highest BCUT2D eigenvalue weighted by Gasteiger charge is 2.42. The Morgan fingerprint density at radius 3 is 2.37 bits per heavy atom. The van der Waals surface area contributed by atoms with Gasteiger partial charge in [-0.1, -0.05) is 36.4 Å².